The smallest absolute Gasteiger partial charge is 0.433 e. The summed E-state index contributed by atoms with van der Waals surface area (Å²) in [4.78, 5) is 28.4. The molecule has 12 heteroatoms. The van der Waals surface area contributed by atoms with Gasteiger partial charge in [0.05, 0.1) is 16.1 Å². The Morgan fingerprint density at radius 2 is 1.95 bits per heavy atom. The van der Waals surface area contributed by atoms with Crippen molar-refractivity contribution in [2.24, 2.45) is 0 Å². The molecule has 0 saturated heterocycles. The summed E-state index contributed by atoms with van der Waals surface area (Å²) in [5.74, 6) is -1.23. The zero-order valence-electron chi connectivity index (χ0n) is 19.4. The minimum Gasteiger partial charge on any atom is -0.478 e. The summed E-state index contributed by atoms with van der Waals surface area (Å²) in [5.41, 5.74) is 0.696. The number of hydrogen-bond donors (Lipinski definition) is 3. The van der Waals surface area contributed by atoms with Crippen LogP contribution in [0.15, 0.2) is 48.8 Å². The summed E-state index contributed by atoms with van der Waals surface area (Å²) in [6.45, 7) is 1.74. The highest BCUT2D eigenvalue weighted by atomic mass is 32.1. The van der Waals surface area contributed by atoms with Crippen molar-refractivity contribution in [3.05, 3.63) is 81.9 Å². The molecule has 1 aliphatic rings. The Hall–Kier alpha value is -3.90. The van der Waals surface area contributed by atoms with Gasteiger partial charge in [-0.2, -0.15) is 13.2 Å². The molecule has 0 saturated carbocycles. The standard InChI is InChI=1S/C25H20F3N5O3S/c1-13-9-16(32-23-29-8-6-20(33-23)25(26,27)28)11-18(31-13)19-12-30-22(37-19)24(36)7-2-3-14-10-15(21(34)35)4-5-17(14)24/h4-6,8-12,36H,2-3,7H2,1H3,(H,34,35)(H,29,31,32,33). The fourth-order valence-corrected chi connectivity index (χ4v) is 5.39. The average Bonchev–Trinajstić information content (AvgIpc) is 3.35. The number of rotatable bonds is 5. The molecule has 37 heavy (non-hydrogen) atoms. The predicted molar refractivity (Wildman–Crippen MR) is 130 cm³/mol. The normalized spacial score (nSPS) is 17.3. The summed E-state index contributed by atoms with van der Waals surface area (Å²) >= 11 is 1.25. The summed E-state index contributed by atoms with van der Waals surface area (Å²) in [5, 5.41) is 24.2. The van der Waals surface area contributed by atoms with Crippen LogP contribution in [0.1, 0.15) is 50.7 Å². The van der Waals surface area contributed by atoms with E-state index >= 15 is 0 Å². The molecule has 4 aromatic rings. The number of alkyl halides is 3. The molecule has 1 unspecified atom stereocenters. The molecule has 0 aliphatic heterocycles. The van der Waals surface area contributed by atoms with Gasteiger partial charge in [-0.05, 0) is 67.6 Å². The Morgan fingerprint density at radius 1 is 1.14 bits per heavy atom. The van der Waals surface area contributed by atoms with Gasteiger partial charge >= 0.3 is 12.1 Å². The monoisotopic (exact) mass is 527 g/mol. The number of carboxylic acid groups (broad SMARTS) is 1. The first kappa shape index (κ1) is 24.8. The first-order valence-electron chi connectivity index (χ1n) is 11.2. The third kappa shape index (κ3) is 4.89. The summed E-state index contributed by atoms with van der Waals surface area (Å²) in [7, 11) is 0. The van der Waals surface area contributed by atoms with Crippen molar-refractivity contribution < 1.29 is 28.2 Å². The Kier molecular flexibility index (Phi) is 6.16. The number of hydrogen-bond acceptors (Lipinski definition) is 8. The highest BCUT2D eigenvalue weighted by Crippen LogP contribution is 2.43. The minimum absolute atomic E-state index is 0.163. The molecule has 0 amide bonds. The predicted octanol–water partition coefficient (Wildman–Crippen LogP) is 5.34. The van der Waals surface area contributed by atoms with E-state index in [1.54, 1.807) is 37.4 Å². The molecule has 1 atom stereocenters. The van der Waals surface area contributed by atoms with Crippen LogP contribution in [0.3, 0.4) is 0 Å². The fourth-order valence-electron chi connectivity index (χ4n) is 4.39. The lowest BCUT2D eigenvalue weighted by Crippen LogP contribution is -2.32. The minimum atomic E-state index is -4.59. The van der Waals surface area contributed by atoms with Crippen LogP contribution in [-0.4, -0.2) is 36.1 Å². The number of fused-ring (bicyclic) bond motifs is 1. The molecule has 1 aromatic carbocycles. The van der Waals surface area contributed by atoms with Crippen LogP contribution < -0.4 is 5.32 Å². The summed E-state index contributed by atoms with van der Waals surface area (Å²) in [6, 6.07) is 8.80. The molecule has 3 aromatic heterocycles. The number of nitrogens with one attached hydrogen (secondary N) is 1. The van der Waals surface area contributed by atoms with E-state index in [-0.39, 0.29) is 11.5 Å². The summed E-state index contributed by atoms with van der Waals surface area (Å²) in [6.07, 6.45) is -0.224. The maximum absolute atomic E-state index is 13.0. The number of carboxylic acids is 1. The number of nitrogens with zero attached hydrogens (tertiary/aromatic N) is 4. The first-order chi connectivity index (χ1) is 17.5. The van der Waals surface area contributed by atoms with Gasteiger partial charge in [-0.25, -0.2) is 19.7 Å². The number of thiazole rings is 1. The molecule has 3 heterocycles. The van der Waals surface area contributed by atoms with Crippen LogP contribution in [0.4, 0.5) is 24.8 Å². The number of halogens is 3. The maximum atomic E-state index is 13.0. The molecule has 1 aliphatic carbocycles. The van der Waals surface area contributed by atoms with Gasteiger partial charge < -0.3 is 15.5 Å². The Labute approximate surface area is 212 Å². The lowest BCUT2D eigenvalue weighted by atomic mass is 9.79. The third-order valence-corrected chi connectivity index (χ3v) is 7.22. The van der Waals surface area contributed by atoms with Gasteiger partial charge in [0.1, 0.15) is 16.3 Å². The topological polar surface area (TPSA) is 121 Å². The van der Waals surface area contributed by atoms with E-state index in [1.807, 2.05) is 0 Å². The van der Waals surface area contributed by atoms with Crippen LogP contribution in [0, 0.1) is 6.92 Å². The van der Waals surface area contributed by atoms with Crippen molar-refractivity contribution >= 4 is 28.9 Å². The van der Waals surface area contributed by atoms with Crippen molar-refractivity contribution in [1.82, 2.24) is 19.9 Å². The summed E-state index contributed by atoms with van der Waals surface area (Å²) < 4.78 is 39.0. The van der Waals surface area contributed by atoms with E-state index in [1.165, 1.54) is 17.4 Å². The average molecular weight is 528 g/mol. The second-order valence-corrected chi connectivity index (χ2v) is 9.72. The van der Waals surface area contributed by atoms with Gasteiger partial charge in [-0.15, -0.1) is 11.3 Å². The SMILES string of the molecule is Cc1cc(Nc2nccc(C(F)(F)F)n2)cc(-c2cnc(C3(O)CCCc4cc(C(=O)O)ccc43)s2)n1. The number of carbonyl (C=O) groups is 1. The van der Waals surface area contributed by atoms with Gasteiger partial charge in [-0.1, -0.05) is 6.07 Å². The number of benzene rings is 1. The van der Waals surface area contributed by atoms with Crippen LogP contribution in [-0.2, 0) is 18.2 Å². The molecule has 5 rings (SSSR count). The molecule has 8 nitrogen and oxygen atoms in total. The molecular weight excluding hydrogens is 507 g/mol. The highest BCUT2D eigenvalue weighted by Gasteiger charge is 2.39. The van der Waals surface area contributed by atoms with Crippen molar-refractivity contribution in [2.45, 2.75) is 38.0 Å². The van der Waals surface area contributed by atoms with Crippen LogP contribution in [0.5, 0.6) is 0 Å². The molecule has 0 fully saturated rings. The fraction of sp³-hybridized carbons (Fsp3) is 0.240. The number of aryl methyl sites for hydroxylation is 2. The second kappa shape index (κ2) is 9.20. The molecule has 0 radical (unpaired) electrons. The molecule has 3 N–H and O–H groups in total. The van der Waals surface area contributed by atoms with Crippen molar-refractivity contribution in [3.8, 4) is 10.6 Å². The molecular formula is C25H20F3N5O3S. The number of pyridine rings is 1. The maximum Gasteiger partial charge on any atom is 0.433 e. The zero-order chi connectivity index (χ0) is 26.4. The van der Waals surface area contributed by atoms with Crippen molar-refractivity contribution in [1.29, 1.82) is 0 Å². The van der Waals surface area contributed by atoms with Crippen molar-refractivity contribution in [2.75, 3.05) is 5.32 Å². The number of aliphatic hydroxyl groups is 1. The van der Waals surface area contributed by atoms with Gasteiger partial charge in [0, 0.05) is 23.8 Å². The zero-order valence-corrected chi connectivity index (χ0v) is 20.2. The lowest BCUT2D eigenvalue weighted by Gasteiger charge is -2.33. The lowest BCUT2D eigenvalue weighted by molar-refractivity contribution is -0.141. The van der Waals surface area contributed by atoms with Gasteiger partial charge in [0.2, 0.25) is 5.95 Å². The van der Waals surface area contributed by atoms with Crippen LogP contribution in [0.25, 0.3) is 10.6 Å². The number of aromatic nitrogens is 4. The number of aromatic carboxylic acids is 1. The van der Waals surface area contributed by atoms with Crippen LogP contribution >= 0.6 is 11.3 Å². The Bertz CT molecular complexity index is 1510. The van der Waals surface area contributed by atoms with Gasteiger partial charge in [0.25, 0.3) is 0 Å². The number of anilines is 2. The van der Waals surface area contributed by atoms with Crippen LogP contribution in [0.2, 0.25) is 0 Å². The second-order valence-electron chi connectivity index (χ2n) is 8.69. The Morgan fingerprint density at radius 3 is 2.70 bits per heavy atom. The van der Waals surface area contributed by atoms with E-state index in [4.69, 9.17) is 0 Å². The first-order valence-corrected chi connectivity index (χ1v) is 12.1. The van der Waals surface area contributed by atoms with E-state index in [0.717, 1.165) is 17.8 Å². The quantitative estimate of drug-likeness (QED) is 0.318. The molecule has 0 bridgehead atoms. The van der Waals surface area contributed by atoms with Crippen molar-refractivity contribution in [3.63, 3.8) is 0 Å². The molecule has 0 spiro atoms. The van der Waals surface area contributed by atoms with Gasteiger partial charge in [0.15, 0.2) is 0 Å². The van der Waals surface area contributed by atoms with E-state index in [2.05, 4.69) is 25.3 Å². The highest BCUT2D eigenvalue weighted by molar-refractivity contribution is 7.15. The van der Waals surface area contributed by atoms with E-state index in [0.29, 0.717) is 51.8 Å². The van der Waals surface area contributed by atoms with E-state index < -0.39 is 23.4 Å². The van der Waals surface area contributed by atoms with E-state index in [9.17, 15) is 28.2 Å². The Balaban J connectivity index is 1.46. The largest absolute Gasteiger partial charge is 0.478 e. The molecule has 190 valence electrons. The van der Waals surface area contributed by atoms with Gasteiger partial charge in [-0.3, -0.25) is 4.98 Å². The third-order valence-electron chi connectivity index (χ3n) is 6.05.